The first-order valence-corrected chi connectivity index (χ1v) is 5.78. The molecule has 1 unspecified atom stereocenters. The summed E-state index contributed by atoms with van der Waals surface area (Å²) in [6, 6.07) is 9.89. The largest absolute Gasteiger partial charge is 0.316 e. The molecule has 2 rings (SSSR count). The average Bonchev–Trinajstić information content (AvgIpc) is 2.33. The van der Waals surface area contributed by atoms with Crippen molar-refractivity contribution in [2.24, 2.45) is 5.73 Å². The minimum atomic E-state index is 0. The van der Waals surface area contributed by atoms with Crippen molar-refractivity contribution in [3.8, 4) is 6.07 Å². The van der Waals surface area contributed by atoms with E-state index in [-0.39, 0.29) is 31.0 Å². The normalized spacial score (nSPS) is 19.2. The molecule has 5 heteroatoms. The van der Waals surface area contributed by atoms with Gasteiger partial charge in [0.2, 0.25) is 0 Å². The molecule has 0 aliphatic carbocycles. The molecule has 1 saturated heterocycles. The number of likely N-dealkylation sites (tertiary alicyclic amines) is 1. The summed E-state index contributed by atoms with van der Waals surface area (Å²) in [5, 5.41) is 8.71. The van der Waals surface area contributed by atoms with Crippen molar-refractivity contribution in [2.45, 2.75) is 32.0 Å². The zero-order chi connectivity index (χ0) is 11.4. The molecule has 1 heterocycles. The summed E-state index contributed by atoms with van der Waals surface area (Å²) in [6.07, 6.45) is 3.77. The molecule has 3 nitrogen and oxygen atoms in total. The summed E-state index contributed by atoms with van der Waals surface area (Å²) in [4.78, 5) is 2.31. The fraction of sp³-hybridized carbons (Fsp3) is 0.462. The van der Waals surface area contributed by atoms with Crippen molar-refractivity contribution in [3.63, 3.8) is 0 Å². The molecule has 0 amide bonds. The van der Waals surface area contributed by atoms with Crippen molar-refractivity contribution >= 4 is 24.8 Å². The van der Waals surface area contributed by atoms with Crippen molar-refractivity contribution in [1.82, 2.24) is 4.90 Å². The van der Waals surface area contributed by atoms with Crippen molar-refractivity contribution in [2.75, 3.05) is 6.54 Å². The Balaban J connectivity index is 0.00000144. The first-order chi connectivity index (χ1) is 7.79. The Morgan fingerprint density at radius 2 is 1.89 bits per heavy atom. The molecule has 18 heavy (non-hydrogen) atoms. The number of piperidine rings is 1. The maximum atomic E-state index is 8.71. The van der Waals surface area contributed by atoms with E-state index < -0.39 is 0 Å². The van der Waals surface area contributed by atoms with Gasteiger partial charge in [0.1, 0.15) is 0 Å². The Morgan fingerprint density at radius 3 is 2.44 bits per heavy atom. The maximum Gasteiger partial charge on any atom is 0.0991 e. The molecule has 100 valence electrons. The first-order valence-electron chi connectivity index (χ1n) is 5.78. The van der Waals surface area contributed by atoms with Crippen LogP contribution in [0.4, 0.5) is 0 Å². The SMILES string of the molecule is Cl.Cl.N#Cc1ccc(CN2CCCCC2N)cc1. The van der Waals surface area contributed by atoms with Crippen LogP contribution in [0.3, 0.4) is 0 Å². The molecular formula is C13H19Cl2N3. The van der Waals surface area contributed by atoms with E-state index in [1.807, 2.05) is 24.3 Å². The molecule has 1 aliphatic rings. The van der Waals surface area contributed by atoms with Gasteiger partial charge in [0.15, 0.2) is 0 Å². The summed E-state index contributed by atoms with van der Waals surface area (Å²) >= 11 is 0. The lowest BCUT2D eigenvalue weighted by Crippen LogP contribution is -2.44. The molecule has 1 aromatic rings. The second kappa shape index (κ2) is 8.34. The third-order valence-corrected chi connectivity index (χ3v) is 3.13. The molecule has 0 saturated carbocycles. The smallest absolute Gasteiger partial charge is 0.0991 e. The number of halogens is 2. The van der Waals surface area contributed by atoms with Gasteiger partial charge in [-0.3, -0.25) is 4.90 Å². The average molecular weight is 288 g/mol. The maximum absolute atomic E-state index is 8.71. The Hall–Kier alpha value is -0.790. The lowest BCUT2D eigenvalue weighted by atomic mass is 10.1. The first kappa shape index (κ1) is 17.2. The lowest BCUT2D eigenvalue weighted by molar-refractivity contribution is 0.144. The van der Waals surface area contributed by atoms with Gasteiger partial charge in [0, 0.05) is 6.54 Å². The second-order valence-corrected chi connectivity index (χ2v) is 4.34. The highest BCUT2D eigenvalue weighted by atomic mass is 35.5. The molecular weight excluding hydrogens is 269 g/mol. The lowest BCUT2D eigenvalue weighted by Gasteiger charge is -2.32. The van der Waals surface area contributed by atoms with Crippen LogP contribution in [0, 0.1) is 11.3 Å². The predicted octanol–water partition coefficient (Wildman–Crippen LogP) is 2.67. The van der Waals surface area contributed by atoms with Crippen LogP contribution in [0.25, 0.3) is 0 Å². The zero-order valence-corrected chi connectivity index (χ0v) is 11.8. The Labute approximate surface area is 121 Å². The number of nitrogens with zero attached hydrogens (tertiary/aromatic N) is 2. The quantitative estimate of drug-likeness (QED) is 0.910. The highest BCUT2D eigenvalue weighted by molar-refractivity contribution is 5.85. The number of hydrogen-bond donors (Lipinski definition) is 1. The number of rotatable bonds is 2. The Bertz CT molecular complexity index is 386. The van der Waals surface area contributed by atoms with Gasteiger partial charge in [0.05, 0.1) is 17.8 Å². The highest BCUT2D eigenvalue weighted by Crippen LogP contribution is 2.16. The molecule has 0 bridgehead atoms. The number of benzene rings is 1. The van der Waals surface area contributed by atoms with Gasteiger partial charge >= 0.3 is 0 Å². The van der Waals surface area contributed by atoms with E-state index >= 15 is 0 Å². The second-order valence-electron chi connectivity index (χ2n) is 4.34. The van der Waals surface area contributed by atoms with E-state index in [4.69, 9.17) is 11.0 Å². The Morgan fingerprint density at radius 1 is 1.22 bits per heavy atom. The van der Waals surface area contributed by atoms with Crippen LogP contribution >= 0.6 is 24.8 Å². The number of nitriles is 1. The number of nitrogens with two attached hydrogens (primary N) is 1. The summed E-state index contributed by atoms with van der Waals surface area (Å²) in [7, 11) is 0. The van der Waals surface area contributed by atoms with E-state index in [1.165, 1.54) is 18.4 Å². The van der Waals surface area contributed by atoms with Crippen LogP contribution in [0.1, 0.15) is 30.4 Å². The third kappa shape index (κ3) is 4.47. The molecule has 2 N–H and O–H groups in total. The van der Waals surface area contributed by atoms with Crippen LogP contribution < -0.4 is 5.73 Å². The summed E-state index contributed by atoms with van der Waals surface area (Å²) in [6.45, 7) is 1.98. The standard InChI is InChI=1S/C13H17N3.2ClH/c14-9-11-4-6-12(7-5-11)10-16-8-2-1-3-13(16)15;;/h4-7,13H,1-3,8,10,15H2;2*1H. The van der Waals surface area contributed by atoms with E-state index in [9.17, 15) is 0 Å². The van der Waals surface area contributed by atoms with Gasteiger partial charge in [-0.1, -0.05) is 12.1 Å². The van der Waals surface area contributed by atoms with Crippen LogP contribution in [0.5, 0.6) is 0 Å². The number of hydrogen-bond acceptors (Lipinski definition) is 3. The van der Waals surface area contributed by atoms with Crippen molar-refractivity contribution in [3.05, 3.63) is 35.4 Å². The molecule has 0 spiro atoms. The monoisotopic (exact) mass is 287 g/mol. The zero-order valence-electron chi connectivity index (χ0n) is 10.2. The van der Waals surface area contributed by atoms with Gasteiger partial charge in [-0.2, -0.15) is 5.26 Å². The van der Waals surface area contributed by atoms with E-state index in [1.54, 1.807) is 0 Å². The van der Waals surface area contributed by atoms with E-state index in [0.29, 0.717) is 5.56 Å². The van der Waals surface area contributed by atoms with Gasteiger partial charge < -0.3 is 5.73 Å². The summed E-state index contributed by atoms with van der Waals surface area (Å²) in [5.41, 5.74) is 8.00. The minimum absolute atomic E-state index is 0. The van der Waals surface area contributed by atoms with E-state index in [2.05, 4.69) is 11.0 Å². The van der Waals surface area contributed by atoms with Crippen molar-refractivity contribution in [1.29, 1.82) is 5.26 Å². The molecule has 1 atom stereocenters. The van der Waals surface area contributed by atoms with E-state index in [0.717, 1.165) is 19.5 Å². The Kier molecular flexibility index (Phi) is 7.97. The predicted molar refractivity (Wildman–Crippen MR) is 77.9 cm³/mol. The molecule has 1 aliphatic heterocycles. The molecule has 1 fully saturated rings. The third-order valence-electron chi connectivity index (χ3n) is 3.13. The fourth-order valence-electron chi connectivity index (χ4n) is 2.13. The van der Waals surface area contributed by atoms with Crippen LogP contribution in [-0.2, 0) is 6.54 Å². The summed E-state index contributed by atoms with van der Waals surface area (Å²) < 4.78 is 0. The van der Waals surface area contributed by atoms with Crippen LogP contribution in [0.15, 0.2) is 24.3 Å². The van der Waals surface area contributed by atoms with Gasteiger partial charge in [0.25, 0.3) is 0 Å². The van der Waals surface area contributed by atoms with Crippen molar-refractivity contribution < 1.29 is 0 Å². The van der Waals surface area contributed by atoms with Gasteiger partial charge in [-0.05, 0) is 43.5 Å². The molecule has 0 radical (unpaired) electrons. The minimum Gasteiger partial charge on any atom is -0.316 e. The van der Waals surface area contributed by atoms with Gasteiger partial charge in [-0.25, -0.2) is 0 Å². The topological polar surface area (TPSA) is 53.0 Å². The van der Waals surface area contributed by atoms with Crippen LogP contribution in [-0.4, -0.2) is 17.6 Å². The van der Waals surface area contributed by atoms with Gasteiger partial charge in [-0.15, -0.1) is 24.8 Å². The summed E-state index contributed by atoms with van der Waals surface area (Å²) in [5.74, 6) is 0. The highest BCUT2D eigenvalue weighted by Gasteiger charge is 2.18. The fourth-order valence-corrected chi connectivity index (χ4v) is 2.13. The molecule has 1 aromatic carbocycles. The molecule has 0 aromatic heterocycles. The van der Waals surface area contributed by atoms with Crippen LogP contribution in [0.2, 0.25) is 0 Å².